The van der Waals surface area contributed by atoms with Crippen molar-refractivity contribution in [3.63, 3.8) is 0 Å². The van der Waals surface area contributed by atoms with Crippen molar-refractivity contribution in [3.05, 3.63) is 29.3 Å². The molecule has 0 heterocycles. The largest absolute Gasteiger partial charge is 0.496 e. The lowest BCUT2D eigenvalue weighted by atomic mass is 10.0. The number of benzene rings is 1. The molecule has 0 saturated heterocycles. The summed E-state index contributed by atoms with van der Waals surface area (Å²) in [6.45, 7) is 3.86. The summed E-state index contributed by atoms with van der Waals surface area (Å²) in [6.07, 6.45) is 0.663. The van der Waals surface area contributed by atoms with Gasteiger partial charge in [-0.05, 0) is 19.9 Å². The Labute approximate surface area is 91.4 Å². The topological polar surface area (TPSA) is 35.2 Å². The first-order chi connectivity index (χ1) is 7.19. The van der Waals surface area contributed by atoms with Gasteiger partial charge in [0.25, 0.3) is 0 Å². The molecule has 1 atom stereocenters. The van der Waals surface area contributed by atoms with Crippen LogP contribution in [0.4, 0.5) is 0 Å². The van der Waals surface area contributed by atoms with E-state index in [1.54, 1.807) is 7.11 Å². The van der Waals surface area contributed by atoms with E-state index >= 15 is 0 Å². The SMILES string of the molecule is CC#CCC(N)c1cc(C)ccc1OC. The molecule has 0 aliphatic carbocycles. The molecular weight excluding hydrogens is 186 g/mol. The fourth-order valence-electron chi connectivity index (χ4n) is 1.47. The zero-order valence-corrected chi connectivity index (χ0v) is 9.50. The number of nitrogens with two attached hydrogens (primary N) is 1. The summed E-state index contributed by atoms with van der Waals surface area (Å²) < 4.78 is 5.27. The van der Waals surface area contributed by atoms with E-state index < -0.39 is 0 Å². The van der Waals surface area contributed by atoms with Crippen molar-refractivity contribution < 1.29 is 4.74 Å². The normalized spacial score (nSPS) is 11.5. The minimum absolute atomic E-state index is 0.0766. The van der Waals surface area contributed by atoms with E-state index in [9.17, 15) is 0 Å². The zero-order valence-electron chi connectivity index (χ0n) is 9.50. The quantitative estimate of drug-likeness (QED) is 0.766. The van der Waals surface area contributed by atoms with Crippen LogP contribution in [0.15, 0.2) is 18.2 Å². The molecule has 80 valence electrons. The van der Waals surface area contributed by atoms with Gasteiger partial charge in [0.05, 0.1) is 7.11 Å². The molecule has 0 aliphatic heterocycles. The third-order valence-corrected chi connectivity index (χ3v) is 2.28. The van der Waals surface area contributed by atoms with Crippen molar-refractivity contribution in [2.24, 2.45) is 5.73 Å². The van der Waals surface area contributed by atoms with Gasteiger partial charge in [-0.1, -0.05) is 17.7 Å². The van der Waals surface area contributed by atoms with Gasteiger partial charge in [0.2, 0.25) is 0 Å². The van der Waals surface area contributed by atoms with Gasteiger partial charge in [0.15, 0.2) is 0 Å². The highest BCUT2D eigenvalue weighted by molar-refractivity contribution is 5.39. The van der Waals surface area contributed by atoms with Crippen LogP contribution in [0.5, 0.6) is 5.75 Å². The summed E-state index contributed by atoms with van der Waals surface area (Å²) in [4.78, 5) is 0. The Hall–Kier alpha value is -1.46. The highest BCUT2D eigenvalue weighted by Crippen LogP contribution is 2.26. The molecule has 2 heteroatoms. The summed E-state index contributed by atoms with van der Waals surface area (Å²) >= 11 is 0. The lowest BCUT2D eigenvalue weighted by Gasteiger charge is -2.14. The maximum Gasteiger partial charge on any atom is 0.123 e. The molecule has 1 aromatic rings. The maximum atomic E-state index is 6.04. The smallest absolute Gasteiger partial charge is 0.123 e. The fraction of sp³-hybridized carbons (Fsp3) is 0.385. The zero-order chi connectivity index (χ0) is 11.3. The van der Waals surface area contributed by atoms with Gasteiger partial charge in [-0.3, -0.25) is 0 Å². The molecule has 1 rings (SSSR count). The molecule has 2 nitrogen and oxygen atoms in total. The Bertz CT molecular complexity index is 387. The molecule has 1 aromatic carbocycles. The van der Waals surface area contributed by atoms with E-state index in [1.807, 2.05) is 26.0 Å². The van der Waals surface area contributed by atoms with Crippen molar-refractivity contribution in [2.45, 2.75) is 26.3 Å². The second-order valence-corrected chi connectivity index (χ2v) is 3.48. The molecule has 0 saturated carbocycles. The van der Waals surface area contributed by atoms with Gasteiger partial charge in [-0.25, -0.2) is 0 Å². The standard InChI is InChI=1S/C13H17NO/c1-4-5-6-12(14)11-9-10(2)7-8-13(11)15-3/h7-9,12H,6,14H2,1-3H3. The summed E-state index contributed by atoms with van der Waals surface area (Å²) in [5.74, 6) is 6.68. The van der Waals surface area contributed by atoms with Crippen LogP contribution in [0, 0.1) is 18.8 Å². The Morgan fingerprint density at radius 3 is 2.80 bits per heavy atom. The third-order valence-electron chi connectivity index (χ3n) is 2.28. The van der Waals surface area contributed by atoms with Crippen molar-refractivity contribution in [1.29, 1.82) is 0 Å². The van der Waals surface area contributed by atoms with Crippen LogP contribution in [0.1, 0.15) is 30.5 Å². The molecule has 1 unspecified atom stereocenters. The van der Waals surface area contributed by atoms with Gasteiger partial charge in [-0.15, -0.1) is 11.8 Å². The van der Waals surface area contributed by atoms with Crippen LogP contribution in [0.2, 0.25) is 0 Å². The molecule has 0 amide bonds. The van der Waals surface area contributed by atoms with Gasteiger partial charge in [-0.2, -0.15) is 0 Å². The van der Waals surface area contributed by atoms with Crippen LogP contribution in [-0.4, -0.2) is 7.11 Å². The average Bonchev–Trinajstić information content (AvgIpc) is 2.25. The van der Waals surface area contributed by atoms with E-state index in [2.05, 4.69) is 17.9 Å². The molecule has 15 heavy (non-hydrogen) atoms. The Balaban J connectivity index is 2.97. The number of ether oxygens (including phenoxy) is 1. The van der Waals surface area contributed by atoms with E-state index in [4.69, 9.17) is 10.5 Å². The Morgan fingerprint density at radius 2 is 2.20 bits per heavy atom. The highest BCUT2D eigenvalue weighted by atomic mass is 16.5. The van der Waals surface area contributed by atoms with Crippen LogP contribution < -0.4 is 10.5 Å². The van der Waals surface area contributed by atoms with Crippen molar-refractivity contribution in [1.82, 2.24) is 0 Å². The van der Waals surface area contributed by atoms with Crippen molar-refractivity contribution in [2.75, 3.05) is 7.11 Å². The average molecular weight is 203 g/mol. The number of hydrogen-bond donors (Lipinski definition) is 1. The van der Waals surface area contributed by atoms with E-state index in [-0.39, 0.29) is 6.04 Å². The Kier molecular flexibility index (Phi) is 4.20. The third kappa shape index (κ3) is 3.00. The second kappa shape index (κ2) is 5.43. The van der Waals surface area contributed by atoms with Crippen LogP contribution in [0.3, 0.4) is 0 Å². The predicted molar refractivity (Wildman–Crippen MR) is 62.7 cm³/mol. The van der Waals surface area contributed by atoms with Crippen LogP contribution >= 0.6 is 0 Å². The number of rotatable bonds is 3. The molecule has 0 aliphatic rings. The summed E-state index contributed by atoms with van der Waals surface area (Å²) in [5, 5.41) is 0. The number of methoxy groups -OCH3 is 1. The number of aryl methyl sites for hydroxylation is 1. The summed E-state index contributed by atoms with van der Waals surface area (Å²) in [7, 11) is 1.66. The lowest BCUT2D eigenvalue weighted by Crippen LogP contribution is -2.11. The Morgan fingerprint density at radius 1 is 1.47 bits per heavy atom. The number of hydrogen-bond acceptors (Lipinski definition) is 2. The molecule has 0 bridgehead atoms. The monoisotopic (exact) mass is 203 g/mol. The first-order valence-corrected chi connectivity index (χ1v) is 4.98. The molecular formula is C13H17NO. The van der Waals surface area contributed by atoms with Gasteiger partial charge in [0.1, 0.15) is 5.75 Å². The van der Waals surface area contributed by atoms with E-state index in [0.717, 1.165) is 11.3 Å². The fourth-order valence-corrected chi connectivity index (χ4v) is 1.47. The summed E-state index contributed by atoms with van der Waals surface area (Å²) in [5.41, 5.74) is 8.26. The van der Waals surface area contributed by atoms with Gasteiger partial charge < -0.3 is 10.5 Å². The van der Waals surface area contributed by atoms with E-state index in [0.29, 0.717) is 6.42 Å². The minimum atomic E-state index is -0.0766. The van der Waals surface area contributed by atoms with Gasteiger partial charge >= 0.3 is 0 Å². The summed E-state index contributed by atoms with van der Waals surface area (Å²) in [6, 6.07) is 5.94. The molecule has 0 radical (unpaired) electrons. The first kappa shape index (κ1) is 11.6. The first-order valence-electron chi connectivity index (χ1n) is 4.98. The second-order valence-electron chi connectivity index (χ2n) is 3.48. The van der Waals surface area contributed by atoms with Crippen molar-refractivity contribution >= 4 is 0 Å². The lowest BCUT2D eigenvalue weighted by molar-refractivity contribution is 0.406. The van der Waals surface area contributed by atoms with E-state index in [1.165, 1.54) is 5.56 Å². The van der Waals surface area contributed by atoms with Crippen LogP contribution in [-0.2, 0) is 0 Å². The molecule has 0 aromatic heterocycles. The highest BCUT2D eigenvalue weighted by Gasteiger charge is 2.10. The van der Waals surface area contributed by atoms with Crippen LogP contribution in [0.25, 0.3) is 0 Å². The molecule has 2 N–H and O–H groups in total. The molecule has 0 spiro atoms. The minimum Gasteiger partial charge on any atom is -0.496 e. The molecule has 0 fully saturated rings. The maximum absolute atomic E-state index is 6.04. The predicted octanol–water partition coefficient (Wildman–Crippen LogP) is 2.42. The van der Waals surface area contributed by atoms with Crippen molar-refractivity contribution in [3.8, 4) is 17.6 Å². The van der Waals surface area contributed by atoms with Gasteiger partial charge in [0, 0.05) is 18.0 Å².